The number of aryl methyl sites for hydroxylation is 1. The second kappa shape index (κ2) is 6.79. The second-order valence-corrected chi connectivity index (χ2v) is 4.61. The number of carbonyl (C=O) groups is 1. The van der Waals surface area contributed by atoms with Crippen molar-refractivity contribution in [2.45, 2.75) is 12.8 Å². The second-order valence-electron chi connectivity index (χ2n) is 4.61. The predicted octanol–water partition coefficient (Wildman–Crippen LogP) is 3.22. The summed E-state index contributed by atoms with van der Waals surface area (Å²) >= 11 is 0. The van der Waals surface area contributed by atoms with Gasteiger partial charge >= 0.3 is 0 Å². The molecule has 0 fully saturated rings. The highest BCUT2D eigenvalue weighted by Crippen LogP contribution is 2.39. The van der Waals surface area contributed by atoms with Gasteiger partial charge in [0.05, 0.1) is 19.8 Å². The fourth-order valence-corrected chi connectivity index (χ4v) is 2.17. The normalized spacial score (nSPS) is 10.2. The first-order valence-electron chi connectivity index (χ1n) is 6.68. The summed E-state index contributed by atoms with van der Waals surface area (Å²) in [6, 6.07) is 12.9. The van der Waals surface area contributed by atoms with Gasteiger partial charge in [-0.05, 0) is 24.1 Å². The van der Waals surface area contributed by atoms with Crippen LogP contribution in [0.5, 0.6) is 17.2 Å². The Morgan fingerprint density at radius 2 is 1.76 bits per heavy atom. The highest BCUT2D eigenvalue weighted by atomic mass is 16.5. The van der Waals surface area contributed by atoms with Gasteiger partial charge in [-0.25, -0.2) is 0 Å². The zero-order valence-corrected chi connectivity index (χ0v) is 12.1. The van der Waals surface area contributed by atoms with Gasteiger partial charge in [-0.2, -0.15) is 0 Å². The lowest BCUT2D eigenvalue weighted by molar-refractivity contribution is 0.0979. The van der Waals surface area contributed by atoms with Gasteiger partial charge < -0.3 is 14.6 Å². The molecule has 2 aromatic carbocycles. The Labute approximate surface area is 123 Å². The van der Waals surface area contributed by atoms with Crippen LogP contribution < -0.4 is 9.47 Å². The van der Waals surface area contributed by atoms with E-state index < -0.39 is 0 Å². The molecule has 0 atom stereocenters. The van der Waals surface area contributed by atoms with Crippen LogP contribution in [0.3, 0.4) is 0 Å². The quantitative estimate of drug-likeness (QED) is 0.828. The molecule has 0 radical (unpaired) electrons. The molecule has 0 saturated carbocycles. The van der Waals surface area contributed by atoms with Crippen LogP contribution in [-0.4, -0.2) is 25.1 Å². The molecule has 2 aromatic rings. The predicted molar refractivity (Wildman–Crippen MR) is 80.3 cm³/mol. The van der Waals surface area contributed by atoms with Gasteiger partial charge in [-0.1, -0.05) is 30.3 Å². The standard InChI is InChI=1S/C17H18O4/c1-20-15-11-9-13(16(19)17(15)21-2)14(18)10-8-12-6-4-3-5-7-12/h3-7,9,11,19H,8,10H2,1-2H3. The summed E-state index contributed by atoms with van der Waals surface area (Å²) in [6.07, 6.45) is 0.959. The number of hydrogen-bond acceptors (Lipinski definition) is 4. The van der Waals surface area contributed by atoms with E-state index in [1.807, 2.05) is 30.3 Å². The molecule has 4 heteroatoms. The van der Waals surface area contributed by atoms with E-state index in [9.17, 15) is 9.90 Å². The van der Waals surface area contributed by atoms with Crippen molar-refractivity contribution in [2.75, 3.05) is 14.2 Å². The molecule has 4 nitrogen and oxygen atoms in total. The van der Waals surface area contributed by atoms with Crippen LogP contribution in [0, 0.1) is 0 Å². The van der Waals surface area contributed by atoms with Crippen molar-refractivity contribution in [2.24, 2.45) is 0 Å². The Bertz CT molecular complexity index is 620. The Balaban J connectivity index is 2.16. The zero-order valence-electron chi connectivity index (χ0n) is 12.1. The first-order chi connectivity index (χ1) is 10.2. The van der Waals surface area contributed by atoms with Crippen molar-refractivity contribution < 1.29 is 19.4 Å². The summed E-state index contributed by atoms with van der Waals surface area (Å²) < 4.78 is 10.2. The monoisotopic (exact) mass is 286 g/mol. The lowest BCUT2D eigenvalue weighted by Crippen LogP contribution is -2.03. The maximum atomic E-state index is 12.3. The van der Waals surface area contributed by atoms with Crippen LogP contribution in [-0.2, 0) is 6.42 Å². The third-order valence-electron chi connectivity index (χ3n) is 3.30. The molecule has 1 N–H and O–H groups in total. The average Bonchev–Trinajstić information content (AvgIpc) is 2.53. The maximum Gasteiger partial charge on any atom is 0.203 e. The van der Waals surface area contributed by atoms with Gasteiger partial charge in [0.1, 0.15) is 0 Å². The van der Waals surface area contributed by atoms with Gasteiger partial charge in [-0.3, -0.25) is 4.79 Å². The molecule has 0 aliphatic rings. The van der Waals surface area contributed by atoms with Crippen molar-refractivity contribution in [3.63, 3.8) is 0 Å². The van der Waals surface area contributed by atoms with Crippen LogP contribution in [0.2, 0.25) is 0 Å². The lowest BCUT2D eigenvalue weighted by Gasteiger charge is -2.12. The Morgan fingerprint density at radius 1 is 1.05 bits per heavy atom. The van der Waals surface area contributed by atoms with Crippen molar-refractivity contribution in [3.8, 4) is 17.2 Å². The van der Waals surface area contributed by atoms with Crippen LogP contribution in [0.25, 0.3) is 0 Å². The fourth-order valence-electron chi connectivity index (χ4n) is 2.17. The van der Waals surface area contributed by atoms with E-state index in [1.165, 1.54) is 14.2 Å². The van der Waals surface area contributed by atoms with Crippen LogP contribution in [0.15, 0.2) is 42.5 Å². The minimum Gasteiger partial charge on any atom is -0.504 e. The molecule has 0 spiro atoms. The highest BCUT2D eigenvalue weighted by Gasteiger charge is 2.18. The van der Waals surface area contributed by atoms with E-state index in [4.69, 9.17) is 9.47 Å². The molecule has 0 bridgehead atoms. The molecule has 0 amide bonds. The summed E-state index contributed by atoms with van der Waals surface area (Å²) in [5, 5.41) is 10.1. The SMILES string of the molecule is COc1ccc(C(=O)CCc2ccccc2)c(O)c1OC. The minimum atomic E-state index is -0.171. The molecular weight excluding hydrogens is 268 g/mol. The zero-order chi connectivity index (χ0) is 15.2. The number of ketones is 1. The number of carbonyl (C=O) groups excluding carboxylic acids is 1. The summed E-state index contributed by atoms with van der Waals surface area (Å²) in [5.41, 5.74) is 1.34. The Kier molecular flexibility index (Phi) is 4.82. The lowest BCUT2D eigenvalue weighted by atomic mass is 10.0. The fraction of sp³-hybridized carbons (Fsp3) is 0.235. The number of methoxy groups -OCH3 is 2. The number of phenols is 1. The van der Waals surface area contributed by atoms with Gasteiger partial charge in [0.15, 0.2) is 17.3 Å². The summed E-state index contributed by atoms with van der Waals surface area (Å²) in [4.78, 5) is 12.3. The third-order valence-corrected chi connectivity index (χ3v) is 3.30. The summed E-state index contributed by atoms with van der Waals surface area (Å²) in [5.74, 6) is 0.282. The molecule has 110 valence electrons. The van der Waals surface area contributed by atoms with E-state index >= 15 is 0 Å². The summed E-state index contributed by atoms with van der Waals surface area (Å²) in [7, 11) is 2.91. The van der Waals surface area contributed by atoms with Crippen molar-refractivity contribution in [1.82, 2.24) is 0 Å². The molecule has 0 aliphatic carbocycles. The molecule has 0 aliphatic heterocycles. The number of phenolic OH excluding ortho intramolecular Hbond substituents is 1. The average molecular weight is 286 g/mol. The largest absolute Gasteiger partial charge is 0.504 e. The molecule has 0 saturated heterocycles. The molecule has 0 unspecified atom stereocenters. The number of hydrogen-bond donors (Lipinski definition) is 1. The van der Waals surface area contributed by atoms with Crippen molar-refractivity contribution in [3.05, 3.63) is 53.6 Å². The van der Waals surface area contributed by atoms with Gasteiger partial charge in [0.2, 0.25) is 5.75 Å². The van der Waals surface area contributed by atoms with Gasteiger partial charge in [-0.15, -0.1) is 0 Å². The molecule has 2 rings (SSSR count). The number of Topliss-reactive ketones (excluding diaryl/α,β-unsaturated/α-hetero) is 1. The van der Waals surface area contributed by atoms with Crippen LogP contribution >= 0.6 is 0 Å². The van der Waals surface area contributed by atoms with E-state index in [0.29, 0.717) is 18.6 Å². The topological polar surface area (TPSA) is 55.8 Å². The van der Waals surface area contributed by atoms with E-state index in [1.54, 1.807) is 12.1 Å². The number of ether oxygens (including phenoxy) is 2. The minimum absolute atomic E-state index is 0.127. The van der Waals surface area contributed by atoms with Gasteiger partial charge in [0.25, 0.3) is 0 Å². The molecule has 0 heterocycles. The van der Waals surface area contributed by atoms with Crippen molar-refractivity contribution in [1.29, 1.82) is 0 Å². The number of rotatable bonds is 6. The summed E-state index contributed by atoms with van der Waals surface area (Å²) in [6.45, 7) is 0. The number of aromatic hydroxyl groups is 1. The van der Waals surface area contributed by atoms with E-state index in [0.717, 1.165) is 5.56 Å². The molecule has 0 aromatic heterocycles. The van der Waals surface area contributed by atoms with Crippen molar-refractivity contribution >= 4 is 5.78 Å². The first-order valence-corrected chi connectivity index (χ1v) is 6.68. The molecule has 21 heavy (non-hydrogen) atoms. The van der Waals surface area contributed by atoms with Crippen LogP contribution in [0.1, 0.15) is 22.3 Å². The van der Waals surface area contributed by atoms with E-state index in [2.05, 4.69) is 0 Å². The number of benzene rings is 2. The Hall–Kier alpha value is -2.49. The van der Waals surface area contributed by atoms with Gasteiger partial charge in [0, 0.05) is 6.42 Å². The maximum absolute atomic E-state index is 12.3. The van der Waals surface area contributed by atoms with Crippen LogP contribution in [0.4, 0.5) is 0 Å². The van der Waals surface area contributed by atoms with E-state index in [-0.39, 0.29) is 22.8 Å². The first kappa shape index (κ1) is 14.9. The molecular formula is C17H18O4. The Morgan fingerprint density at radius 3 is 2.38 bits per heavy atom. The highest BCUT2D eigenvalue weighted by molar-refractivity contribution is 5.99. The third kappa shape index (κ3) is 3.34. The smallest absolute Gasteiger partial charge is 0.203 e.